The van der Waals surface area contributed by atoms with Crippen LogP contribution in [0.1, 0.15) is 66.6 Å². The van der Waals surface area contributed by atoms with E-state index in [1.165, 1.54) is 5.56 Å². The van der Waals surface area contributed by atoms with E-state index < -0.39 is 5.60 Å². The van der Waals surface area contributed by atoms with E-state index in [9.17, 15) is 5.11 Å². The Bertz CT molecular complexity index is 582. The number of benzene rings is 1. The topological polar surface area (TPSA) is 33.1 Å². The number of aliphatic hydroxyl groups is 1. The van der Waals surface area contributed by atoms with E-state index in [0.717, 1.165) is 17.0 Å². The van der Waals surface area contributed by atoms with Crippen LogP contribution in [0.3, 0.4) is 0 Å². The number of rotatable bonds is 4. The standard InChI is InChI=1S/C9H21P.C8H11NO.C7H8.ClH.Ru/c1-7(2)10(8(3)4)9(5)6;1-8(2,10)7-5-3-4-6-9-7;1-7-5-3-2-4-6-7;;/h7-9H,1-6H3;3-6,10H,1-2H3;2-6H,1H3;1H;/q;;;;+6/p-1. The van der Waals surface area contributed by atoms with E-state index in [2.05, 4.69) is 65.6 Å². The maximum Gasteiger partial charge on any atom is 6.00 e. The summed E-state index contributed by atoms with van der Waals surface area (Å²) in [4.78, 5) is 4.00. The van der Waals surface area contributed by atoms with Crippen LogP contribution in [0.25, 0.3) is 0 Å². The van der Waals surface area contributed by atoms with E-state index in [1.54, 1.807) is 26.1 Å². The minimum absolute atomic E-state index is 0. The second-order valence-corrected chi connectivity index (χ2v) is 12.1. The first-order valence-electron chi connectivity index (χ1n) is 9.89. The van der Waals surface area contributed by atoms with Gasteiger partial charge in [0.05, 0.1) is 5.69 Å². The Balaban J connectivity index is -0.000000343. The fraction of sp³-hybridized carbons (Fsp3) is 0.542. The summed E-state index contributed by atoms with van der Waals surface area (Å²) >= 11 is 0. The van der Waals surface area contributed by atoms with Gasteiger partial charge in [0.1, 0.15) is 5.60 Å². The van der Waals surface area contributed by atoms with Crippen LogP contribution in [0.2, 0.25) is 0 Å². The van der Waals surface area contributed by atoms with Crippen molar-refractivity contribution in [3.05, 3.63) is 66.0 Å². The van der Waals surface area contributed by atoms with Crippen LogP contribution in [0.4, 0.5) is 0 Å². The van der Waals surface area contributed by atoms with Gasteiger partial charge in [-0.15, -0.1) is 0 Å². The van der Waals surface area contributed by atoms with Gasteiger partial charge in [0, 0.05) is 6.20 Å². The molecule has 162 valence electrons. The number of halogens is 1. The van der Waals surface area contributed by atoms with Crippen molar-refractivity contribution in [2.24, 2.45) is 0 Å². The largest absolute Gasteiger partial charge is 6.00 e. The minimum atomic E-state index is -0.818. The molecule has 0 bridgehead atoms. The van der Waals surface area contributed by atoms with E-state index in [4.69, 9.17) is 0 Å². The molecule has 0 amide bonds. The summed E-state index contributed by atoms with van der Waals surface area (Å²) in [5, 5.41) is 9.43. The van der Waals surface area contributed by atoms with Gasteiger partial charge < -0.3 is 17.5 Å². The first kappa shape index (κ1) is 33.3. The molecular weight excluding hydrogens is 486 g/mol. The smallest absolute Gasteiger partial charge is 1.00 e. The molecule has 0 atom stereocenters. The maximum absolute atomic E-state index is 9.43. The molecule has 5 heteroatoms. The van der Waals surface area contributed by atoms with Crippen LogP contribution in [0.5, 0.6) is 0 Å². The predicted octanol–water partition coefficient (Wildman–Crippen LogP) is 4.00. The second kappa shape index (κ2) is 17.4. The van der Waals surface area contributed by atoms with Crippen molar-refractivity contribution in [2.75, 3.05) is 0 Å². The summed E-state index contributed by atoms with van der Waals surface area (Å²) < 4.78 is 0. The van der Waals surface area contributed by atoms with Crippen molar-refractivity contribution in [1.82, 2.24) is 4.98 Å². The number of pyridine rings is 1. The minimum Gasteiger partial charge on any atom is -1.00 e. The van der Waals surface area contributed by atoms with Crippen molar-refractivity contribution in [2.45, 2.75) is 84.9 Å². The third-order valence-electron chi connectivity index (χ3n) is 4.02. The first-order valence-corrected chi connectivity index (χ1v) is 11.4. The summed E-state index contributed by atoms with van der Waals surface area (Å²) in [7, 11) is 0.262. The normalized spacial score (nSPS) is 10.4. The van der Waals surface area contributed by atoms with Gasteiger partial charge in [-0.05, 0) is 49.9 Å². The molecule has 0 aliphatic carbocycles. The van der Waals surface area contributed by atoms with Crippen LogP contribution < -0.4 is 12.4 Å². The number of hydrogen-bond acceptors (Lipinski definition) is 2. The zero-order chi connectivity index (χ0) is 21.0. The average Bonchev–Trinajstić information content (AvgIpc) is 2.55. The van der Waals surface area contributed by atoms with Gasteiger partial charge in [-0.1, -0.05) is 91.4 Å². The Morgan fingerprint density at radius 2 is 1.21 bits per heavy atom. The van der Waals surface area contributed by atoms with Crippen LogP contribution in [0, 0.1) is 6.92 Å². The molecule has 0 spiro atoms. The van der Waals surface area contributed by atoms with Crippen LogP contribution in [-0.4, -0.2) is 27.1 Å². The number of aromatic nitrogens is 1. The SMILES string of the molecule is CC(C)(O)c1ccccn1.CC(C)P(C(C)C)C(C)C.Cc1ccccc1.[Cl-].[Ru+6]. The monoisotopic (exact) mass is 526 g/mol. The second-order valence-electron chi connectivity index (χ2n) is 8.16. The molecule has 0 saturated heterocycles. The van der Waals surface area contributed by atoms with Gasteiger partial charge >= 0.3 is 19.5 Å². The fourth-order valence-corrected chi connectivity index (χ4v) is 6.63. The Morgan fingerprint density at radius 1 is 0.793 bits per heavy atom. The van der Waals surface area contributed by atoms with Crippen molar-refractivity contribution in [3.63, 3.8) is 0 Å². The molecule has 29 heavy (non-hydrogen) atoms. The average molecular weight is 526 g/mol. The van der Waals surface area contributed by atoms with Gasteiger partial charge in [0.25, 0.3) is 0 Å². The molecule has 2 rings (SSSR count). The number of nitrogens with zero attached hydrogens (tertiary/aromatic N) is 1. The number of aryl methyl sites for hydroxylation is 1. The molecule has 1 heterocycles. The maximum atomic E-state index is 9.43. The molecule has 0 radical (unpaired) electrons. The summed E-state index contributed by atoms with van der Waals surface area (Å²) in [5.74, 6) is 0. The van der Waals surface area contributed by atoms with Crippen molar-refractivity contribution < 1.29 is 37.0 Å². The molecule has 0 aliphatic heterocycles. The van der Waals surface area contributed by atoms with Crippen molar-refractivity contribution in [1.29, 1.82) is 0 Å². The molecule has 0 saturated carbocycles. The molecule has 0 aliphatic rings. The summed E-state index contributed by atoms with van der Waals surface area (Å²) in [6.45, 7) is 19.6. The first-order chi connectivity index (χ1) is 12.5. The van der Waals surface area contributed by atoms with Crippen LogP contribution >= 0.6 is 7.92 Å². The third kappa shape index (κ3) is 16.1. The molecule has 1 aromatic carbocycles. The van der Waals surface area contributed by atoms with E-state index in [-0.39, 0.29) is 39.8 Å². The van der Waals surface area contributed by atoms with Gasteiger partial charge in [-0.2, -0.15) is 0 Å². The molecule has 1 aromatic heterocycles. The van der Waals surface area contributed by atoms with Gasteiger partial charge in [0.2, 0.25) is 0 Å². The van der Waals surface area contributed by atoms with Gasteiger partial charge in [0.15, 0.2) is 0 Å². The molecule has 2 aromatic rings. The Labute approximate surface area is 200 Å². The quantitative estimate of drug-likeness (QED) is 0.483. The zero-order valence-corrected chi connectivity index (χ0v) is 22.9. The fourth-order valence-electron chi connectivity index (χ4n) is 3.05. The van der Waals surface area contributed by atoms with E-state index in [1.807, 2.05) is 30.3 Å². The zero-order valence-electron chi connectivity index (χ0n) is 19.5. The molecule has 0 fully saturated rings. The van der Waals surface area contributed by atoms with Crippen molar-refractivity contribution >= 4 is 7.92 Å². The third-order valence-corrected chi connectivity index (χ3v) is 7.60. The summed E-state index contributed by atoms with van der Waals surface area (Å²) in [5.41, 5.74) is 3.90. The molecule has 1 N–H and O–H groups in total. The molecule has 0 unspecified atom stereocenters. The summed E-state index contributed by atoms with van der Waals surface area (Å²) in [6, 6.07) is 15.8. The van der Waals surface area contributed by atoms with E-state index >= 15 is 0 Å². The van der Waals surface area contributed by atoms with Gasteiger partial charge in [-0.3, -0.25) is 4.98 Å². The van der Waals surface area contributed by atoms with Crippen LogP contribution in [0.15, 0.2) is 54.7 Å². The summed E-state index contributed by atoms with van der Waals surface area (Å²) in [6.07, 6.45) is 1.67. The molecular formula is C24H40ClNOPRu+5. The molecule has 2 nitrogen and oxygen atoms in total. The Morgan fingerprint density at radius 3 is 1.38 bits per heavy atom. The van der Waals surface area contributed by atoms with E-state index in [0.29, 0.717) is 5.69 Å². The van der Waals surface area contributed by atoms with Crippen LogP contribution in [-0.2, 0) is 25.1 Å². The number of hydrogen-bond donors (Lipinski definition) is 1. The van der Waals surface area contributed by atoms with Crippen molar-refractivity contribution in [3.8, 4) is 0 Å². The Kier molecular flexibility index (Phi) is 19.9. The van der Waals surface area contributed by atoms with Gasteiger partial charge in [-0.25, -0.2) is 0 Å². The predicted molar refractivity (Wildman–Crippen MR) is 123 cm³/mol. The Hall–Kier alpha value is -0.327.